The number of rotatable bonds is 11. The van der Waals surface area contributed by atoms with Crippen LogP contribution < -0.4 is 21.7 Å². The molecule has 2 aromatic heterocycles. The largest absolute Gasteiger partial charge is 0.492 e. The topological polar surface area (TPSA) is 226 Å². The summed E-state index contributed by atoms with van der Waals surface area (Å²) in [5.74, 6) is -2.77. The molecule has 0 fully saturated rings. The summed E-state index contributed by atoms with van der Waals surface area (Å²) in [5, 5.41) is 35.8. The van der Waals surface area contributed by atoms with Crippen molar-refractivity contribution in [2.75, 3.05) is 24.2 Å². The van der Waals surface area contributed by atoms with Gasteiger partial charge in [-0.2, -0.15) is 9.97 Å². The Balaban J connectivity index is 1.56. The lowest BCUT2D eigenvalue weighted by molar-refractivity contribution is -0.139. The molecule has 1 atom stereocenters. The Morgan fingerprint density at radius 3 is 2.51 bits per heavy atom. The van der Waals surface area contributed by atoms with Crippen molar-refractivity contribution in [2.24, 2.45) is 0 Å². The van der Waals surface area contributed by atoms with E-state index in [0.29, 0.717) is 11.4 Å². The molecule has 14 nitrogen and oxygen atoms in total. The first-order valence-electron chi connectivity index (χ1n) is 10.5. The summed E-state index contributed by atoms with van der Waals surface area (Å²) >= 11 is 0. The van der Waals surface area contributed by atoms with Crippen LogP contribution in [0.3, 0.4) is 0 Å². The van der Waals surface area contributed by atoms with Crippen LogP contribution in [-0.2, 0) is 16.1 Å². The lowest BCUT2D eigenvalue weighted by Gasteiger charge is -2.15. The van der Waals surface area contributed by atoms with Gasteiger partial charge in [0, 0.05) is 24.2 Å². The van der Waals surface area contributed by atoms with E-state index in [4.69, 9.17) is 10.8 Å². The fourth-order valence-electron chi connectivity index (χ4n) is 3.02. The Hall–Kier alpha value is -4.59. The van der Waals surface area contributed by atoms with E-state index < -0.39 is 23.8 Å². The number of aromatic hydroxyl groups is 1. The molecule has 184 valence electrons. The number of aliphatic hydroxyl groups is 1. The van der Waals surface area contributed by atoms with Crippen LogP contribution in [0, 0.1) is 0 Å². The smallest absolute Gasteiger partial charge is 0.326 e. The van der Waals surface area contributed by atoms with Gasteiger partial charge in [-0.1, -0.05) is 0 Å². The number of hydrogen-bond donors (Lipinski definition) is 7. The van der Waals surface area contributed by atoms with Gasteiger partial charge in [0.25, 0.3) is 5.91 Å². The molecule has 2 amide bonds. The Labute approximate surface area is 198 Å². The van der Waals surface area contributed by atoms with Crippen molar-refractivity contribution in [1.29, 1.82) is 0 Å². The number of amides is 2. The summed E-state index contributed by atoms with van der Waals surface area (Å²) in [5.41, 5.74) is 7.13. The van der Waals surface area contributed by atoms with E-state index in [2.05, 4.69) is 35.9 Å². The maximum absolute atomic E-state index is 12.5. The van der Waals surface area contributed by atoms with Crippen LogP contribution in [0.5, 0.6) is 5.88 Å². The van der Waals surface area contributed by atoms with Crippen LogP contribution in [0.2, 0.25) is 0 Å². The van der Waals surface area contributed by atoms with Crippen molar-refractivity contribution in [3.8, 4) is 5.88 Å². The molecule has 0 bridgehead atoms. The Morgan fingerprint density at radius 2 is 1.83 bits per heavy atom. The SMILES string of the molecule is Nc1nc(O)c2nc(CNc3ccc(C(=O)N[C@H](CCC(=O)NCCO)C(=O)O)cc3)cnc2n1. The lowest BCUT2D eigenvalue weighted by atomic mass is 10.1. The second kappa shape index (κ2) is 11.5. The number of hydrogen-bond acceptors (Lipinski definition) is 11. The molecule has 0 unspecified atom stereocenters. The van der Waals surface area contributed by atoms with Gasteiger partial charge in [0.1, 0.15) is 6.04 Å². The number of carbonyl (C=O) groups is 3. The number of anilines is 2. The van der Waals surface area contributed by atoms with Gasteiger partial charge in [-0.15, -0.1) is 0 Å². The van der Waals surface area contributed by atoms with Crippen molar-refractivity contribution in [3.63, 3.8) is 0 Å². The second-order valence-corrected chi connectivity index (χ2v) is 7.35. The van der Waals surface area contributed by atoms with Crippen molar-refractivity contribution in [2.45, 2.75) is 25.4 Å². The molecule has 0 spiro atoms. The number of nitrogens with one attached hydrogen (secondary N) is 3. The average Bonchev–Trinajstić information content (AvgIpc) is 2.84. The zero-order chi connectivity index (χ0) is 25.4. The molecule has 8 N–H and O–H groups in total. The van der Waals surface area contributed by atoms with Gasteiger partial charge >= 0.3 is 5.97 Å². The lowest BCUT2D eigenvalue weighted by Crippen LogP contribution is -2.41. The van der Waals surface area contributed by atoms with E-state index in [1.54, 1.807) is 12.1 Å². The zero-order valence-corrected chi connectivity index (χ0v) is 18.4. The van der Waals surface area contributed by atoms with E-state index in [-0.39, 0.29) is 61.1 Å². The minimum absolute atomic E-state index is 0.0722. The van der Waals surface area contributed by atoms with E-state index in [0.717, 1.165) is 0 Å². The molecule has 2 heterocycles. The van der Waals surface area contributed by atoms with Crippen LogP contribution >= 0.6 is 0 Å². The molecule has 0 radical (unpaired) electrons. The summed E-state index contributed by atoms with van der Waals surface area (Å²) in [7, 11) is 0. The maximum atomic E-state index is 12.5. The summed E-state index contributed by atoms with van der Waals surface area (Å²) in [6, 6.07) is 5.03. The number of fused-ring (bicyclic) bond motifs is 1. The Kier molecular flexibility index (Phi) is 8.24. The van der Waals surface area contributed by atoms with E-state index >= 15 is 0 Å². The molecule has 0 aliphatic carbocycles. The van der Waals surface area contributed by atoms with E-state index in [9.17, 15) is 24.6 Å². The predicted octanol–water partition coefficient (Wildman–Crippen LogP) is -0.609. The number of carboxylic acid groups (broad SMARTS) is 1. The molecule has 0 aliphatic rings. The molecule has 0 aliphatic heterocycles. The number of nitrogens with two attached hydrogens (primary N) is 1. The number of benzene rings is 1. The second-order valence-electron chi connectivity index (χ2n) is 7.35. The van der Waals surface area contributed by atoms with Crippen molar-refractivity contribution < 1.29 is 29.7 Å². The molecule has 1 aromatic carbocycles. The number of aliphatic hydroxyl groups excluding tert-OH is 1. The standard InChI is InChI=1S/C21H24N8O6/c22-21-28-17-16(19(33)29-21)26-13(10-25-17)9-24-12-3-1-11(2-4-12)18(32)27-14(20(34)35)5-6-15(31)23-7-8-30/h1-4,10,14,24,30H,5-9H2,(H,23,31)(H,27,32)(H,34,35)(H3,22,25,28,29,33)/t14-/m1/s1. The van der Waals surface area contributed by atoms with Gasteiger partial charge in [-0.3, -0.25) is 9.59 Å². The molecule has 3 aromatic rings. The van der Waals surface area contributed by atoms with Crippen LogP contribution in [0.15, 0.2) is 30.5 Å². The molecular formula is C21H24N8O6. The summed E-state index contributed by atoms with van der Waals surface area (Å²) in [6.45, 7) is 0.0972. The van der Waals surface area contributed by atoms with Gasteiger partial charge in [0.2, 0.25) is 17.7 Å². The summed E-state index contributed by atoms with van der Waals surface area (Å²) < 4.78 is 0. The van der Waals surface area contributed by atoms with Gasteiger partial charge in [0.05, 0.1) is 25.0 Å². The molecule has 14 heteroatoms. The molecule has 0 saturated carbocycles. The Bertz CT molecular complexity index is 1220. The van der Waals surface area contributed by atoms with E-state index in [1.165, 1.54) is 18.3 Å². The van der Waals surface area contributed by atoms with Gasteiger partial charge in [0.15, 0.2) is 11.2 Å². The molecule has 35 heavy (non-hydrogen) atoms. The van der Waals surface area contributed by atoms with Crippen LogP contribution in [0.4, 0.5) is 11.6 Å². The Morgan fingerprint density at radius 1 is 1.09 bits per heavy atom. The normalized spacial score (nSPS) is 11.6. The highest BCUT2D eigenvalue weighted by atomic mass is 16.4. The first-order chi connectivity index (χ1) is 16.8. The molecule has 3 rings (SSSR count). The highest BCUT2D eigenvalue weighted by Gasteiger charge is 2.21. The van der Waals surface area contributed by atoms with Crippen molar-refractivity contribution in [1.82, 2.24) is 30.6 Å². The molecular weight excluding hydrogens is 460 g/mol. The fourth-order valence-corrected chi connectivity index (χ4v) is 3.02. The van der Waals surface area contributed by atoms with Crippen LogP contribution in [0.25, 0.3) is 11.2 Å². The minimum atomic E-state index is -1.26. The number of aliphatic carboxylic acids is 1. The number of nitrogens with zero attached hydrogens (tertiary/aromatic N) is 4. The summed E-state index contributed by atoms with van der Waals surface area (Å²) in [4.78, 5) is 51.4. The van der Waals surface area contributed by atoms with Gasteiger partial charge in [-0.05, 0) is 30.7 Å². The average molecular weight is 484 g/mol. The van der Waals surface area contributed by atoms with Crippen molar-refractivity contribution >= 4 is 40.6 Å². The van der Waals surface area contributed by atoms with E-state index in [1.807, 2.05) is 0 Å². The monoisotopic (exact) mass is 484 g/mol. The van der Waals surface area contributed by atoms with Gasteiger partial charge < -0.3 is 37.0 Å². The zero-order valence-electron chi connectivity index (χ0n) is 18.4. The fraction of sp³-hybridized carbons (Fsp3) is 0.286. The number of nitrogen functional groups attached to an aromatic ring is 1. The minimum Gasteiger partial charge on any atom is -0.492 e. The first-order valence-corrected chi connectivity index (χ1v) is 10.5. The third kappa shape index (κ3) is 6.94. The quantitative estimate of drug-likeness (QED) is 0.181. The summed E-state index contributed by atoms with van der Waals surface area (Å²) in [6.07, 6.45) is 1.26. The van der Waals surface area contributed by atoms with Gasteiger partial charge in [-0.25, -0.2) is 14.8 Å². The predicted molar refractivity (Wildman–Crippen MR) is 123 cm³/mol. The van der Waals surface area contributed by atoms with Crippen molar-refractivity contribution in [3.05, 3.63) is 41.7 Å². The third-order valence-electron chi connectivity index (χ3n) is 4.77. The highest BCUT2D eigenvalue weighted by Crippen LogP contribution is 2.19. The number of aromatic nitrogens is 4. The van der Waals surface area contributed by atoms with Crippen LogP contribution in [-0.4, -0.2) is 72.2 Å². The number of carbonyl (C=O) groups excluding carboxylic acids is 2. The molecule has 0 saturated heterocycles. The maximum Gasteiger partial charge on any atom is 0.326 e. The van der Waals surface area contributed by atoms with Crippen LogP contribution in [0.1, 0.15) is 28.9 Å². The number of carboxylic acids is 1. The first kappa shape index (κ1) is 25.0. The third-order valence-corrected chi connectivity index (χ3v) is 4.77. The highest BCUT2D eigenvalue weighted by molar-refractivity contribution is 5.97.